The van der Waals surface area contributed by atoms with Gasteiger partial charge in [-0.25, -0.2) is 4.39 Å². The number of nitrogens with one attached hydrogen (secondary N) is 1. The molecule has 0 spiro atoms. The highest BCUT2D eigenvalue weighted by Gasteiger charge is 2.39. The number of para-hydroxylation sites is 1. The highest BCUT2D eigenvalue weighted by molar-refractivity contribution is 6.30. The fourth-order valence-corrected chi connectivity index (χ4v) is 3.50. The lowest BCUT2D eigenvalue weighted by Crippen LogP contribution is -2.44. The number of benzene rings is 2. The zero-order valence-electron chi connectivity index (χ0n) is 14.3. The van der Waals surface area contributed by atoms with Crippen molar-refractivity contribution in [3.63, 3.8) is 0 Å². The molecule has 1 aliphatic rings. The van der Waals surface area contributed by atoms with Crippen LogP contribution in [0.15, 0.2) is 42.5 Å². The minimum atomic E-state index is -0.623. The summed E-state index contributed by atoms with van der Waals surface area (Å²) in [5.74, 6) is -0.293. The third-order valence-corrected chi connectivity index (χ3v) is 5.20. The Morgan fingerprint density at radius 1 is 1.28 bits per heavy atom. The van der Waals surface area contributed by atoms with Crippen LogP contribution in [-0.4, -0.2) is 11.5 Å². The van der Waals surface area contributed by atoms with Crippen LogP contribution in [0.2, 0.25) is 5.02 Å². The maximum Gasteiger partial charge on any atom is 0.254 e. The number of hydrogen-bond donors (Lipinski definition) is 1. The van der Waals surface area contributed by atoms with Gasteiger partial charge in [0.15, 0.2) is 0 Å². The average Bonchev–Trinajstić information content (AvgIpc) is 2.61. The molecule has 0 aliphatic carbocycles. The van der Waals surface area contributed by atoms with Gasteiger partial charge < -0.3 is 10.1 Å². The first-order valence-corrected chi connectivity index (χ1v) is 8.89. The van der Waals surface area contributed by atoms with E-state index in [0.717, 1.165) is 30.2 Å². The topological polar surface area (TPSA) is 38.3 Å². The molecule has 0 bridgehead atoms. The fourth-order valence-electron chi connectivity index (χ4n) is 3.34. The van der Waals surface area contributed by atoms with E-state index in [-0.39, 0.29) is 22.2 Å². The van der Waals surface area contributed by atoms with Crippen LogP contribution in [0.1, 0.15) is 55.1 Å². The molecule has 2 aromatic rings. The van der Waals surface area contributed by atoms with Crippen LogP contribution in [0.25, 0.3) is 0 Å². The predicted octanol–water partition coefficient (Wildman–Crippen LogP) is 5.29. The van der Waals surface area contributed by atoms with Crippen molar-refractivity contribution in [1.82, 2.24) is 5.32 Å². The summed E-state index contributed by atoms with van der Waals surface area (Å²) in [5, 5.41) is 3.24. The largest absolute Gasteiger partial charge is 0.487 e. The van der Waals surface area contributed by atoms with Gasteiger partial charge in [-0.1, -0.05) is 43.6 Å². The summed E-state index contributed by atoms with van der Waals surface area (Å²) in [5.41, 5.74) is 0.583. The molecule has 0 saturated carbocycles. The van der Waals surface area contributed by atoms with E-state index >= 15 is 0 Å². The van der Waals surface area contributed by atoms with Crippen LogP contribution in [0, 0.1) is 5.82 Å². The predicted molar refractivity (Wildman–Crippen MR) is 96.6 cm³/mol. The standard InChI is InChI=1S/C20H21ClFNO2/c1-3-20(4-2)12-17(15-7-5-6-8-18(15)25-20)23-19(24)14-10-9-13(21)11-16(14)22/h5-11,17H,3-4,12H2,1-2H3,(H,23,24). The van der Waals surface area contributed by atoms with Crippen molar-refractivity contribution in [2.45, 2.75) is 44.8 Å². The third-order valence-electron chi connectivity index (χ3n) is 4.97. The van der Waals surface area contributed by atoms with Crippen LogP contribution in [0.3, 0.4) is 0 Å². The van der Waals surface area contributed by atoms with Crippen LogP contribution in [0.4, 0.5) is 4.39 Å². The quantitative estimate of drug-likeness (QED) is 0.803. The molecule has 3 rings (SSSR count). The summed E-state index contributed by atoms with van der Waals surface area (Å²) in [4.78, 5) is 12.6. The molecular weight excluding hydrogens is 341 g/mol. The lowest BCUT2D eigenvalue weighted by molar-refractivity contribution is 0.0227. The van der Waals surface area contributed by atoms with Crippen molar-refractivity contribution in [2.75, 3.05) is 0 Å². The normalized spacial score (nSPS) is 18.2. The maximum absolute atomic E-state index is 14.1. The Kier molecular flexibility index (Phi) is 5.00. The first-order valence-electron chi connectivity index (χ1n) is 8.52. The molecule has 0 saturated heterocycles. The number of amides is 1. The molecule has 1 amide bonds. The number of halogens is 2. The second kappa shape index (κ2) is 7.04. The third kappa shape index (κ3) is 3.49. The number of rotatable bonds is 4. The molecule has 25 heavy (non-hydrogen) atoms. The molecule has 1 aliphatic heterocycles. The first kappa shape index (κ1) is 17.7. The van der Waals surface area contributed by atoms with Gasteiger partial charge in [0.25, 0.3) is 5.91 Å². The van der Waals surface area contributed by atoms with Crippen molar-refractivity contribution < 1.29 is 13.9 Å². The van der Waals surface area contributed by atoms with Gasteiger partial charge in [0.05, 0.1) is 11.6 Å². The monoisotopic (exact) mass is 361 g/mol. The minimum Gasteiger partial charge on any atom is -0.487 e. The van der Waals surface area contributed by atoms with Crippen molar-refractivity contribution >= 4 is 17.5 Å². The van der Waals surface area contributed by atoms with Gasteiger partial charge in [-0.3, -0.25) is 4.79 Å². The van der Waals surface area contributed by atoms with E-state index < -0.39 is 11.7 Å². The number of carbonyl (C=O) groups is 1. The lowest BCUT2D eigenvalue weighted by Gasteiger charge is -2.41. The Bertz CT molecular complexity index is 789. The summed E-state index contributed by atoms with van der Waals surface area (Å²) >= 11 is 5.77. The molecule has 5 heteroatoms. The SMILES string of the molecule is CCC1(CC)CC(NC(=O)c2ccc(Cl)cc2F)c2ccccc2O1. The van der Waals surface area contributed by atoms with Gasteiger partial charge in [0.1, 0.15) is 17.2 Å². The van der Waals surface area contributed by atoms with Crippen LogP contribution >= 0.6 is 11.6 Å². The zero-order valence-corrected chi connectivity index (χ0v) is 15.1. The molecule has 132 valence electrons. The highest BCUT2D eigenvalue weighted by atomic mass is 35.5. The van der Waals surface area contributed by atoms with Gasteiger partial charge in [-0.15, -0.1) is 0 Å². The average molecular weight is 362 g/mol. The molecular formula is C20H21ClFNO2. The number of hydrogen-bond acceptors (Lipinski definition) is 2. The number of carbonyl (C=O) groups excluding carboxylic acids is 1. The molecule has 2 aromatic carbocycles. The molecule has 0 aromatic heterocycles. The summed E-state index contributed by atoms with van der Waals surface area (Å²) in [7, 11) is 0. The van der Waals surface area contributed by atoms with Gasteiger partial charge in [-0.2, -0.15) is 0 Å². The van der Waals surface area contributed by atoms with Gasteiger partial charge in [0.2, 0.25) is 0 Å². The summed E-state index contributed by atoms with van der Waals surface area (Å²) in [6.07, 6.45) is 2.32. The Labute approximate surface area is 152 Å². The Hall–Kier alpha value is -2.07. The summed E-state index contributed by atoms with van der Waals surface area (Å²) in [6, 6.07) is 11.5. The Morgan fingerprint density at radius 3 is 2.68 bits per heavy atom. The molecule has 1 unspecified atom stereocenters. The smallest absolute Gasteiger partial charge is 0.254 e. The Morgan fingerprint density at radius 2 is 2.00 bits per heavy atom. The fraction of sp³-hybridized carbons (Fsp3) is 0.350. The second-order valence-corrected chi connectivity index (χ2v) is 6.82. The van der Waals surface area contributed by atoms with Crippen molar-refractivity contribution in [3.05, 3.63) is 64.4 Å². The van der Waals surface area contributed by atoms with E-state index in [4.69, 9.17) is 16.3 Å². The summed E-state index contributed by atoms with van der Waals surface area (Å²) < 4.78 is 20.3. The van der Waals surface area contributed by atoms with E-state index in [9.17, 15) is 9.18 Å². The van der Waals surface area contributed by atoms with Crippen LogP contribution < -0.4 is 10.1 Å². The molecule has 1 N–H and O–H groups in total. The zero-order chi connectivity index (χ0) is 18.0. The van der Waals surface area contributed by atoms with E-state index in [1.54, 1.807) is 0 Å². The molecule has 1 atom stereocenters. The van der Waals surface area contributed by atoms with Gasteiger partial charge in [0, 0.05) is 17.0 Å². The molecule has 3 nitrogen and oxygen atoms in total. The summed E-state index contributed by atoms with van der Waals surface area (Å²) in [6.45, 7) is 4.16. The van der Waals surface area contributed by atoms with E-state index in [2.05, 4.69) is 19.2 Å². The minimum absolute atomic E-state index is 0.00744. The molecule has 0 fully saturated rings. The van der Waals surface area contributed by atoms with E-state index in [1.807, 2.05) is 24.3 Å². The number of ether oxygens (including phenoxy) is 1. The van der Waals surface area contributed by atoms with Gasteiger partial charge >= 0.3 is 0 Å². The number of fused-ring (bicyclic) bond motifs is 1. The van der Waals surface area contributed by atoms with Gasteiger partial charge in [-0.05, 0) is 37.1 Å². The second-order valence-electron chi connectivity index (χ2n) is 6.38. The maximum atomic E-state index is 14.1. The Balaban J connectivity index is 1.91. The van der Waals surface area contributed by atoms with Crippen LogP contribution in [-0.2, 0) is 0 Å². The molecule has 0 radical (unpaired) electrons. The van der Waals surface area contributed by atoms with Crippen molar-refractivity contribution in [1.29, 1.82) is 0 Å². The van der Waals surface area contributed by atoms with Crippen LogP contribution in [0.5, 0.6) is 5.75 Å². The van der Waals surface area contributed by atoms with E-state index in [1.165, 1.54) is 12.1 Å². The molecule has 1 heterocycles. The first-order chi connectivity index (χ1) is 12.0. The van der Waals surface area contributed by atoms with E-state index in [0.29, 0.717) is 6.42 Å². The lowest BCUT2D eigenvalue weighted by atomic mass is 9.83. The van der Waals surface area contributed by atoms with Crippen molar-refractivity contribution in [3.8, 4) is 5.75 Å². The highest BCUT2D eigenvalue weighted by Crippen LogP contribution is 2.42. The van der Waals surface area contributed by atoms with Crippen molar-refractivity contribution in [2.24, 2.45) is 0 Å².